The van der Waals surface area contributed by atoms with Crippen LogP contribution in [0.1, 0.15) is 27.5 Å². The van der Waals surface area contributed by atoms with E-state index in [4.69, 9.17) is 0 Å². The number of nitro benzene ring substituents is 1. The van der Waals surface area contributed by atoms with E-state index in [1.54, 1.807) is 30.3 Å². The second kappa shape index (κ2) is 6.76. The van der Waals surface area contributed by atoms with Gasteiger partial charge in [-0.2, -0.15) is 0 Å². The first-order chi connectivity index (χ1) is 11.6. The number of carbonyl (C=O) groups excluding carboxylic acids is 1. The topological polar surface area (TPSA) is 88.4 Å². The van der Waals surface area contributed by atoms with E-state index in [0.29, 0.717) is 30.8 Å². The van der Waals surface area contributed by atoms with Gasteiger partial charge in [0.2, 0.25) is 0 Å². The van der Waals surface area contributed by atoms with Gasteiger partial charge in [-0.15, -0.1) is 0 Å². The van der Waals surface area contributed by atoms with Crippen LogP contribution >= 0.6 is 0 Å². The van der Waals surface area contributed by atoms with Crippen LogP contribution in [0, 0.1) is 17.0 Å². The molecule has 1 aromatic heterocycles. The maximum absolute atomic E-state index is 12.9. The summed E-state index contributed by atoms with van der Waals surface area (Å²) in [6, 6.07) is 8.20. The molecule has 3 rings (SSSR count). The number of nitrogens with one attached hydrogen (secondary N) is 1. The molecular weight excluding hydrogens is 308 g/mol. The zero-order valence-electron chi connectivity index (χ0n) is 13.3. The normalized spacial score (nSPS) is 17.5. The summed E-state index contributed by atoms with van der Waals surface area (Å²) in [5.41, 5.74) is 1.94. The Kier molecular flexibility index (Phi) is 4.52. The van der Waals surface area contributed by atoms with Gasteiger partial charge in [-0.1, -0.05) is 6.07 Å². The SMILES string of the molecule is Cc1cc(C(=O)N2CCNCC2c2cccnc2)ccc1[N+](=O)[O-]. The molecule has 7 nitrogen and oxygen atoms in total. The molecule has 1 aromatic carbocycles. The molecule has 0 bridgehead atoms. The minimum Gasteiger partial charge on any atom is -0.329 e. The summed E-state index contributed by atoms with van der Waals surface area (Å²) >= 11 is 0. The molecule has 0 saturated carbocycles. The highest BCUT2D eigenvalue weighted by atomic mass is 16.6. The van der Waals surface area contributed by atoms with E-state index in [1.807, 2.05) is 12.1 Å². The number of benzene rings is 1. The number of aromatic nitrogens is 1. The average molecular weight is 326 g/mol. The quantitative estimate of drug-likeness (QED) is 0.689. The van der Waals surface area contributed by atoms with Gasteiger partial charge in [0.05, 0.1) is 11.0 Å². The van der Waals surface area contributed by atoms with Crippen LogP contribution < -0.4 is 5.32 Å². The molecule has 0 spiro atoms. The number of pyridine rings is 1. The molecule has 1 aliphatic rings. The number of carbonyl (C=O) groups is 1. The molecule has 0 radical (unpaired) electrons. The smallest absolute Gasteiger partial charge is 0.272 e. The van der Waals surface area contributed by atoms with Gasteiger partial charge in [0, 0.05) is 49.2 Å². The molecule has 0 aliphatic carbocycles. The largest absolute Gasteiger partial charge is 0.329 e. The molecule has 1 N–H and O–H groups in total. The van der Waals surface area contributed by atoms with Crippen molar-refractivity contribution in [3.63, 3.8) is 0 Å². The Morgan fingerprint density at radius 2 is 2.25 bits per heavy atom. The third kappa shape index (κ3) is 3.11. The molecule has 1 saturated heterocycles. The van der Waals surface area contributed by atoms with Gasteiger partial charge >= 0.3 is 0 Å². The molecule has 1 amide bonds. The van der Waals surface area contributed by atoms with Crippen molar-refractivity contribution in [2.45, 2.75) is 13.0 Å². The van der Waals surface area contributed by atoms with Gasteiger partial charge in [0.15, 0.2) is 0 Å². The molecule has 1 aliphatic heterocycles. The van der Waals surface area contributed by atoms with Gasteiger partial charge in [0.25, 0.3) is 11.6 Å². The fourth-order valence-electron chi connectivity index (χ4n) is 2.98. The van der Waals surface area contributed by atoms with Crippen LogP contribution in [0.3, 0.4) is 0 Å². The third-order valence-corrected chi connectivity index (χ3v) is 4.21. The van der Waals surface area contributed by atoms with Gasteiger partial charge < -0.3 is 10.2 Å². The molecule has 24 heavy (non-hydrogen) atoms. The molecule has 1 atom stereocenters. The summed E-state index contributed by atoms with van der Waals surface area (Å²) in [5, 5.41) is 14.2. The summed E-state index contributed by atoms with van der Waals surface area (Å²) in [7, 11) is 0. The minimum absolute atomic E-state index is 0.0238. The zero-order valence-corrected chi connectivity index (χ0v) is 13.3. The van der Waals surface area contributed by atoms with Crippen LogP contribution in [-0.2, 0) is 0 Å². The number of aryl methyl sites for hydroxylation is 1. The second-order valence-corrected chi connectivity index (χ2v) is 5.76. The standard InChI is InChI=1S/C17H18N4O3/c1-12-9-13(4-5-15(12)21(23)24)17(22)20-8-7-19-11-16(20)14-3-2-6-18-10-14/h2-6,9-10,16,19H,7-8,11H2,1H3. The maximum atomic E-state index is 12.9. The number of rotatable bonds is 3. The Morgan fingerprint density at radius 1 is 1.42 bits per heavy atom. The number of piperazine rings is 1. The van der Waals surface area contributed by atoms with E-state index in [2.05, 4.69) is 10.3 Å². The number of hydrogen-bond donors (Lipinski definition) is 1. The van der Waals surface area contributed by atoms with E-state index < -0.39 is 4.92 Å². The van der Waals surface area contributed by atoms with E-state index in [-0.39, 0.29) is 17.6 Å². The average Bonchev–Trinajstić information content (AvgIpc) is 2.61. The van der Waals surface area contributed by atoms with E-state index >= 15 is 0 Å². The highest BCUT2D eigenvalue weighted by molar-refractivity contribution is 5.95. The van der Waals surface area contributed by atoms with Crippen molar-refractivity contribution >= 4 is 11.6 Å². The van der Waals surface area contributed by atoms with E-state index in [0.717, 1.165) is 5.56 Å². The van der Waals surface area contributed by atoms with Crippen LogP contribution in [0.25, 0.3) is 0 Å². The zero-order chi connectivity index (χ0) is 17.1. The van der Waals surface area contributed by atoms with Crippen molar-refractivity contribution in [1.29, 1.82) is 0 Å². The first-order valence-corrected chi connectivity index (χ1v) is 7.74. The minimum atomic E-state index is -0.438. The number of amides is 1. The van der Waals surface area contributed by atoms with Gasteiger partial charge in [-0.3, -0.25) is 19.9 Å². The Bertz CT molecular complexity index is 764. The summed E-state index contributed by atoms with van der Waals surface area (Å²) in [4.78, 5) is 29.4. The van der Waals surface area contributed by atoms with Crippen molar-refractivity contribution in [3.8, 4) is 0 Å². The third-order valence-electron chi connectivity index (χ3n) is 4.21. The highest BCUT2D eigenvalue weighted by Gasteiger charge is 2.29. The lowest BCUT2D eigenvalue weighted by molar-refractivity contribution is -0.385. The van der Waals surface area contributed by atoms with Crippen LogP contribution in [0.5, 0.6) is 0 Å². The first-order valence-electron chi connectivity index (χ1n) is 7.74. The molecule has 7 heteroatoms. The van der Waals surface area contributed by atoms with E-state index in [9.17, 15) is 14.9 Å². The molecule has 124 valence electrons. The summed E-state index contributed by atoms with van der Waals surface area (Å²) in [6.07, 6.45) is 3.46. The lowest BCUT2D eigenvalue weighted by Crippen LogP contribution is -2.48. The van der Waals surface area contributed by atoms with Gasteiger partial charge in [-0.25, -0.2) is 0 Å². The maximum Gasteiger partial charge on any atom is 0.272 e. The van der Waals surface area contributed by atoms with Crippen molar-refractivity contribution < 1.29 is 9.72 Å². The van der Waals surface area contributed by atoms with Crippen LogP contribution in [0.15, 0.2) is 42.7 Å². The Labute approximate surface area is 139 Å². The Morgan fingerprint density at radius 3 is 2.92 bits per heavy atom. The molecule has 2 heterocycles. The number of nitro groups is 1. The molecule has 1 fully saturated rings. The predicted molar refractivity (Wildman–Crippen MR) is 88.7 cm³/mol. The lowest BCUT2D eigenvalue weighted by atomic mass is 10.0. The second-order valence-electron chi connectivity index (χ2n) is 5.76. The predicted octanol–water partition coefficient (Wildman–Crippen LogP) is 2.08. The highest BCUT2D eigenvalue weighted by Crippen LogP contribution is 2.25. The van der Waals surface area contributed by atoms with Crippen LogP contribution in [-0.4, -0.2) is 40.3 Å². The summed E-state index contributed by atoms with van der Waals surface area (Å²) < 4.78 is 0. The fourth-order valence-corrected chi connectivity index (χ4v) is 2.98. The summed E-state index contributed by atoms with van der Waals surface area (Å²) in [6.45, 7) is 3.59. The Balaban J connectivity index is 1.90. The number of hydrogen-bond acceptors (Lipinski definition) is 5. The van der Waals surface area contributed by atoms with Crippen LogP contribution in [0.2, 0.25) is 0 Å². The van der Waals surface area contributed by atoms with Crippen molar-refractivity contribution in [2.75, 3.05) is 19.6 Å². The van der Waals surface area contributed by atoms with Gasteiger partial charge in [-0.05, 0) is 30.7 Å². The van der Waals surface area contributed by atoms with Crippen molar-refractivity contribution in [3.05, 3.63) is 69.5 Å². The first kappa shape index (κ1) is 16.1. The van der Waals surface area contributed by atoms with Gasteiger partial charge in [0.1, 0.15) is 0 Å². The Hall–Kier alpha value is -2.80. The van der Waals surface area contributed by atoms with Crippen LogP contribution in [0.4, 0.5) is 5.69 Å². The molecule has 2 aromatic rings. The van der Waals surface area contributed by atoms with Crippen molar-refractivity contribution in [1.82, 2.24) is 15.2 Å². The van der Waals surface area contributed by atoms with Crippen molar-refractivity contribution in [2.24, 2.45) is 0 Å². The van der Waals surface area contributed by atoms with E-state index in [1.165, 1.54) is 12.1 Å². The lowest BCUT2D eigenvalue weighted by Gasteiger charge is -2.36. The molecular formula is C17H18N4O3. The number of nitrogens with zero attached hydrogens (tertiary/aromatic N) is 3. The summed E-state index contributed by atoms with van der Waals surface area (Å²) in [5.74, 6) is -0.122. The molecule has 1 unspecified atom stereocenters. The monoisotopic (exact) mass is 326 g/mol. The fraction of sp³-hybridized carbons (Fsp3) is 0.294.